The number of hydrogen-bond acceptors (Lipinski definition) is 3. The van der Waals surface area contributed by atoms with Gasteiger partial charge in [-0.2, -0.15) is 0 Å². The molecular formula is C13H17NO2. The molecule has 2 N–H and O–H groups in total. The Kier molecular flexibility index (Phi) is 3.15. The highest BCUT2D eigenvalue weighted by Gasteiger charge is 2.12. The minimum absolute atomic E-state index is 0.700. The highest BCUT2D eigenvalue weighted by Crippen LogP contribution is 2.33. The number of furan rings is 1. The summed E-state index contributed by atoms with van der Waals surface area (Å²) in [5, 5.41) is 1.05. The molecule has 3 heteroatoms. The fourth-order valence-corrected chi connectivity index (χ4v) is 2.08. The highest BCUT2D eigenvalue weighted by molar-refractivity contribution is 5.88. The summed E-state index contributed by atoms with van der Waals surface area (Å²) in [4.78, 5) is 0. The van der Waals surface area contributed by atoms with Crippen LogP contribution in [0.5, 0.6) is 5.75 Å². The van der Waals surface area contributed by atoms with E-state index in [1.165, 1.54) is 5.56 Å². The van der Waals surface area contributed by atoms with E-state index in [9.17, 15) is 0 Å². The van der Waals surface area contributed by atoms with Crippen LogP contribution in [0.15, 0.2) is 22.8 Å². The largest absolute Gasteiger partial charge is 0.496 e. The van der Waals surface area contributed by atoms with Gasteiger partial charge in [0.15, 0.2) is 0 Å². The molecule has 0 atom stereocenters. The molecule has 0 aliphatic carbocycles. The first kappa shape index (κ1) is 11.0. The zero-order valence-corrected chi connectivity index (χ0v) is 9.75. The van der Waals surface area contributed by atoms with Crippen LogP contribution in [-0.2, 0) is 6.42 Å². The lowest BCUT2D eigenvalue weighted by molar-refractivity contribution is 0.414. The van der Waals surface area contributed by atoms with E-state index in [2.05, 4.69) is 13.0 Å². The number of methoxy groups -OCH3 is 1. The van der Waals surface area contributed by atoms with E-state index in [0.717, 1.165) is 35.1 Å². The molecule has 0 amide bonds. The highest BCUT2D eigenvalue weighted by atomic mass is 16.5. The number of rotatable bonds is 4. The Labute approximate surface area is 95.2 Å². The minimum Gasteiger partial charge on any atom is -0.496 e. The zero-order valence-electron chi connectivity index (χ0n) is 9.75. The predicted octanol–water partition coefficient (Wildman–Crippen LogP) is 2.64. The van der Waals surface area contributed by atoms with Gasteiger partial charge in [0.2, 0.25) is 0 Å². The van der Waals surface area contributed by atoms with Crippen LogP contribution in [0.25, 0.3) is 11.0 Å². The minimum atomic E-state index is 0.700. The first-order chi connectivity index (χ1) is 7.77. The van der Waals surface area contributed by atoms with Gasteiger partial charge in [-0.25, -0.2) is 0 Å². The third kappa shape index (κ3) is 1.78. The topological polar surface area (TPSA) is 48.4 Å². The molecule has 3 nitrogen and oxygen atoms in total. The second-order valence-corrected chi connectivity index (χ2v) is 3.94. The normalized spacial score (nSPS) is 10.9. The van der Waals surface area contributed by atoms with Crippen LogP contribution in [0.2, 0.25) is 0 Å². The average Bonchev–Trinajstić information content (AvgIpc) is 2.76. The second kappa shape index (κ2) is 4.58. The monoisotopic (exact) mass is 219 g/mol. The van der Waals surface area contributed by atoms with Crippen molar-refractivity contribution >= 4 is 11.0 Å². The predicted molar refractivity (Wildman–Crippen MR) is 64.9 cm³/mol. The summed E-state index contributed by atoms with van der Waals surface area (Å²) in [7, 11) is 1.70. The molecule has 2 rings (SSSR count). The molecule has 16 heavy (non-hydrogen) atoms. The van der Waals surface area contributed by atoms with Gasteiger partial charge in [-0.15, -0.1) is 0 Å². The molecule has 0 fully saturated rings. The van der Waals surface area contributed by atoms with Crippen LogP contribution in [-0.4, -0.2) is 13.7 Å². The van der Waals surface area contributed by atoms with Gasteiger partial charge < -0.3 is 14.9 Å². The van der Waals surface area contributed by atoms with Gasteiger partial charge in [-0.3, -0.25) is 0 Å². The SMILES string of the molecule is COc1c(CCCN)cc(C)c2occc12. The number of nitrogens with two attached hydrogens (primary N) is 1. The number of fused-ring (bicyclic) bond motifs is 1. The first-order valence-corrected chi connectivity index (χ1v) is 5.51. The van der Waals surface area contributed by atoms with Gasteiger partial charge in [0.05, 0.1) is 18.8 Å². The molecule has 0 bridgehead atoms. The molecule has 1 aromatic carbocycles. The maximum Gasteiger partial charge on any atom is 0.140 e. The average molecular weight is 219 g/mol. The van der Waals surface area contributed by atoms with Crippen molar-refractivity contribution in [2.75, 3.05) is 13.7 Å². The van der Waals surface area contributed by atoms with E-state index in [-0.39, 0.29) is 0 Å². The second-order valence-electron chi connectivity index (χ2n) is 3.94. The number of ether oxygens (including phenoxy) is 1. The lowest BCUT2D eigenvalue weighted by atomic mass is 10.0. The van der Waals surface area contributed by atoms with Crippen LogP contribution >= 0.6 is 0 Å². The Bertz CT molecular complexity index is 488. The zero-order chi connectivity index (χ0) is 11.5. The number of benzene rings is 1. The third-order valence-corrected chi connectivity index (χ3v) is 2.80. The van der Waals surface area contributed by atoms with Crippen molar-refractivity contribution in [3.05, 3.63) is 29.5 Å². The standard InChI is InChI=1S/C13H17NO2/c1-9-8-10(4-3-6-14)13(15-2)11-5-7-16-12(9)11/h5,7-8H,3-4,6,14H2,1-2H3. The van der Waals surface area contributed by atoms with Gasteiger partial charge in [0, 0.05) is 0 Å². The summed E-state index contributed by atoms with van der Waals surface area (Å²) < 4.78 is 10.9. The first-order valence-electron chi connectivity index (χ1n) is 5.51. The van der Waals surface area contributed by atoms with Crippen molar-refractivity contribution < 1.29 is 9.15 Å². The number of aryl methyl sites for hydroxylation is 2. The van der Waals surface area contributed by atoms with Crippen molar-refractivity contribution in [3.63, 3.8) is 0 Å². The molecule has 0 aliphatic heterocycles. The van der Waals surface area contributed by atoms with E-state index < -0.39 is 0 Å². The van der Waals surface area contributed by atoms with Gasteiger partial charge in [0.1, 0.15) is 11.3 Å². The van der Waals surface area contributed by atoms with Gasteiger partial charge in [-0.05, 0) is 49.6 Å². The van der Waals surface area contributed by atoms with Crippen LogP contribution < -0.4 is 10.5 Å². The Morgan fingerprint density at radius 3 is 2.94 bits per heavy atom. The molecular weight excluding hydrogens is 202 g/mol. The van der Waals surface area contributed by atoms with E-state index in [1.54, 1.807) is 13.4 Å². The van der Waals surface area contributed by atoms with E-state index in [1.807, 2.05) is 6.07 Å². The van der Waals surface area contributed by atoms with Gasteiger partial charge in [0.25, 0.3) is 0 Å². The fourth-order valence-electron chi connectivity index (χ4n) is 2.08. The molecule has 2 aromatic rings. The molecule has 1 heterocycles. The Balaban J connectivity index is 2.54. The summed E-state index contributed by atoms with van der Waals surface area (Å²) in [6.45, 7) is 2.75. The summed E-state index contributed by atoms with van der Waals surface area (Å²) in [6.07, 6.45) is 3.62. The van der Waals surface area contributed by atoms with Crippen LogP contribution in [0, 0.1) is 6.92 Å². The Morgan fingerprint density at radius 2 is 2.25 bits per heavy atom. The lowest BCUT2D eigenvalue weighted by Crippen LogP contribution is -2.02. The Morgan fingerprint density at radius 1 is 1.44 bits per heavy atom. The van der Waals surface area contributed by atoms with Crippen molar-refractivity contribution in [3.8, 4) is 5.75 Å². The summed E-state index contributed by atoms with van der Waals surface area (Å²) in [5.74, 6) is 0.919. The van der Waals surface area contributed by atoms with E-state index >= 15 is 0 Å². The van der Waals surface area contributed by atoms with Gasteiger partial charge >= 0.3 is 0 Å². The summed E-state index contributed by atoms with van der Waals surface area (Å²) >= 11 is 0. The smallest absolute Gasteiger partial charge is 0.140 e. The quantitative estimate of drug-likeness (QED) is 0.860. The lowest BCUT2D eigenvalue weighted by Gasteiger charge is -2.10. The van der Waals surface area contributed by atoms with Crippen LogP contribution in [0.1, 0.15) is 17.5 Å². The van der Waals surface area contributed by atoms with Crippen LogP contribution in [0.4, 0.5) is 0 Å². The molecule has 0 unspecified atom stereocenters. The molecule has 0 saturated heterocycles. The maximum absolute atomic E-state index is 5.54. The molecule has 0 saturated carbocycles. The van der Waals surface area contributed by atoms with Crippen molar-refractivity contribution in [1.29, 1.82) is 0 Å². The third-order valence-electron chi connectivity index (χ3n) is 2.80. The fraction of sp³-hybridized carbons (Fsp3) is 0.385. The van der Waals surface area contributed by atoms with Crippen molar-refractivity contribution in [2.45, 2.75) is 19.8 Å². The molecule has 0 spiro atoms. The van der Waals surface area contributed by atoms with Crippen LogP contribution in [0.3, 0.4) is 0 Å². The van der Waals surface area contributed by atoms with Crippen molar-refractivity contribution in [1.82, 2.24) is 0 Å². The molecule has 0 radical (unpaired) electrons. The van der Waals surface area contributed by atoms with Gasteiger partial charge in [-0.1, -0.05) is 0 Å². The molecule has 1 aromatic heterocycles. The number of hydrogen-bond donors (Lipinski definition) is 1. The molecule has 0 aliphatic rings. The van der Waals surface area contributed by atoms with Crippen molar-refractivity contribution in [2.24, 2.45) is 5.73 Å². The summed E-state index contributed by atoms with van der Waals surface area (Å²) in [5.41, 5.74) is 8.80. The van der Waals surface area contributed by atoms with E-state index in [4.69, 9.17) is 14.9 Å². The summed E-state index contributed by atoms with van der Waals surface area (Å²) in [6, 6.07) is 4.08. The maximum atomic E-state index is 5.54. The Hall–Kier alpha value is -1.48. The molecule has 86 valence electrons. The van der Waals surface area contributed by atoms with E-state index in [0.29, 0.717) is 6.54 Å².